The van der Waals surface area contributed by atoms with E-state index in [1.165, 1.54) is 18.4 Å². The minimum absolute atomic E-state index is 0.167. The summed E-state index contributed by atoms with van der Waals surface area (Å²) in [5.74, 6) is 0.557. The van der Waals surface area contributed by atoms with Crippen molar-refractivity contribution >= 4 is 27.3 Å². The van der Waals surface area contributed by atoms with E-state index in [2.05, 4.69) is 9.71 Å². The first kappa shape index (κ1) is 16.5. The van der Waals surface area contributed by atoms with E-state index in [4.69, 9.17) is 16.0 Å². The topological polar surface area (TPSA) is 72.2 Å². The smallest absolute Gasteiger partial charge is 0.261 e. The van der Waals surface area contributed by atoms with Crippen LogP contribution in [0.5, 0.6) is 0 Å². The van der Waals surface area contributed by atoms with E-state index in [-0.39, 0.29) is 4.90 Å². The number of sulfonamides is 1. The van der Waals surface area contributed by atoms with Gasteiger partial charge >= 0.3 is 0 Å². The molecular formula is C17H15ClN2O3S. The van der Waals surface area contributed by atoms with E-state index in [0.29, 0.717) is 22.3 Å². The summed E-state index contributed by atoms with van der Waals surface area (Å²) < 4.78 is 32.8. The summed E-state index contributed by atoms with van der Waals surface area (Å²) in [5, 5.41) is 0.558. The lowest BCUT2D eigenvalue weighted by atomic mass is 10.2. The van der Waals surface area contributed by atoms with E-state index < -0.39 is 10.0 Å². The molecule has 0 saturated heterocycles. The number of hydrogen-bond donors (Lipinski definition) is 1. The van der Waals surface area contributed by atoms with Crippen molar-refractivity contribution < 1.29 is 12.8 Å². The highest BCUT2D eigenvalue weighted by atomic mass is 35.5. The van der Waals surface area contributed by atoms with Crippen LogP contribution in [-0.4, -0.2) is 13.4 Å². The summed E-state index contributed by atoms with van der Waals surface area (Å²) >= 11 is 5.89. The summed E-state index contributed by atoms with van der Waals surface area (Å²) in [7, 11) is -3.68. The minimum Gasteiger partial charge on any atom is -0.449 e. The molecule has 124 valence electrons. The van der Waals surface area contributed by atoms with E-state index in [9.17, 15) is 8.42 Å². The summed E-state index contributed by atoms with van der Waals surface area (Å²) in [6.45, 7) is 3.54. The monoisotopic (exact) mass is 362 g/mol. The number of aromatic nitrogens is 1. The Morgan fingerprint density at radius 3 is 2.38 bits per heavy atom. The lowest BCUT2D eigenvalue weighted by molar-refractivity contribution is 0.521. The zero-order chi connectivity index (χ0) is 17.3. The molecule has 0 radical (unpaired) electrons. The second-order valence-electron chi connectivity index (χ2n) is 5.34. The van der Waals surface area contributed by atoms with Gasteiger partial charge in [0.05, 0.1) is 10.6 Å². The highest BCUT2D eigenvalue weighted by Gasteiger charge is 2.16. The van der Waals surface area contributed by atoms with Crippen LogP contribution >= 0.6 is 11.6 Å². The van der Waals surface area contributed by atoms with Gasteiger partial charge in [0.1, 0.15) is 12.0 Å². The van der Waals surface area contributed by atoms with Gasteiger partial charge in [-0.2, -0.15) is 0 Å². The molecule has 0 aliphatic heterocycles. The molecule has 0 aliphatic carbocycles. The summed E-state index contributed by atoms with van der Waals surface area (Å²) in [4.78, 5) is 4.38. The van der Waals surface area contributed by atoms with Gasteiger partial charge in [-0.1, -0.05) is 23.7 Å². The molecule has 1 aromatic heterocycles. The van der Waals surface area contributed by atoms with Crippen molar-refractivity contribution in [2.75, 3.05) is 4.72 Å². The van der Waals surface area contributed by atoms with Crippen molar-refractivity contribution in [3.05, 3.63) is 65.2 Å². The number of rotatable bonds is 4. The third-order valence-corrected chi connectivity index (χ3v) is 5.13. The average molecular weight is 363 g/mol. The number of hydrogen-bond acceptors (Lipinski definition) is 4. The fourth-order valence-corrected chi connectivity index (χ4v) is 3.60. The lowest BCUT2D eigenvalue weighted by Crippen LogP contribution is -2.13. The number of nitrogens with zero attached hydrogens (tertiary/aromatic N) is 1. The van der Waals surface area contributed by atoms with Gasteiger partial charge in [-0.15, -0.1) is 0 Å². The largest absolute Gasteiger partial charge is 0.449 e. The Hall–Kier alpha value is -2.31. The molecule has 0 amide bonds. The van der Waals surface area contributed by atoms with Gasteiger partial charge in [0.15, 0.2) is 5.89 Å². The maximum atomic E-state index is 12.5. The van der Waals surface area contributed by atoms with Crippen molar-refractivity contribution in [3.63, 3.8) is 0 Å². The molecule has 0 fully saturated rings. The fourth-order valence-electron chi connectivity index (χ4n) is 2.25. The first-order valence-electron chi connectivity index (χ1n) is 7.17. The third kappa shape index (κ3) is 3.44. The zero-order valence-electron chi connectivity index (χ0n) is 13.1. The highest BCUT2D eigenvalue weighted by molar-refractivity contribution is 7.92. The van der Waals surface area contributed by atoms with E-state index in [0.717, 1.165) is 11.1 Å². The number of nitrogens with one attached hydrogen (secondary N) is 1. The normalized spacial score (nSPS) is 11.5. The fraction of sp³-hybridized carbons (Fsp3) is 0.118. The molecule has 3 rings (SSSR count). The van der Waals surface area contributed by atoms with Gasteiger partial charge in [0.2, 0.25) is 0 Å². The van der Waals surface area contributed by atoms with Crippen molar-refractivity contribution in [3.8, 4) is 11.3 Å². The third-order valence-electron chi connectivity index (χ3n) is 3.51. The van der Waals surface area contributed by atoms with Crippen molar-refractivity contribution in [1.29, 1.82) is 0 Å². The Labute approximate surface area is 145 Å². The van der Waals surface area contributed by atoms with Crippen molar-refractivity contribution in [1.82, 2.24) is 4.98 Å². The number of anilines is 1. The Balaban J connectivity index is 1.87. The molecule has 0 spiro atoms. The first-order valence-corrected chi connectivity index (χ1v) is 9.03. The molecular weight excluding hydrogens is 348 g/mol. The number of aryl methyl sites for hydroxylation is 2. The van der Waals surface area contributed by atoms with Gasteiger partial charge < -0.3 is 4.42 Å². The van der Waals surface area contributed by atoms with E-state index in [1.54, 1.807) is 44.2 Å². The van der Waals surface area contributed by atoms with Crippen molar-refractivity contribution in [2.24, 2.45) is 0 Å². The second-order valence-corrected chi connectivity index (χ2v) is 7.46. The quantitative estimate of drug-likeness (QED) is 0.746. The van der Waals surface area contributed by atoms with Gasteiger partial charge in [0, 0.05) is 17.5 Å². The summed E-state index contributed by atoms with van der Waals surface area (Å²) in [6, 6.07) is 11.4. The summed E-state index contributed by atoms with van der Waals surface area (Å²) in [6.07, 6.45) is 1.54. The number of oxazole rings is 1. The Morgan fingerprint density at radius 1 is 1.08 bits per heavy atom. The van der Waals surface area contributed by atoms with Crippen LogP contribution in [0.2, 0.25) is 5.02 Å². The molecule has 0 bridgehead atoms. The predicted octanol–water partition coefficient (Wildman–Crippen LogP) is 4.41. The molecule has 1 heterocycles. The van der Waals surface area contributed by atoms with E-state index in [1.807, 2.05) is 0 Å². The molecule has 1 N–H and O–H groups in total. The molecule has 3 aromatic rings. The van der Waals surface area contributed by atoms with Gasteiger partial charge in [0.25, 0.3) is 10.0 Å². The maximum absolute atomic E-state index is 12.5. The molecule has 2 aromatic carbocycles. The Bertz CT molecular complexity index is 979. The van der Waals surface area contributed by atoms with Crippen LogP contribution in [0.1, 0.15) is 11.5 Å². The zero-order valence-corrected chi connectivity index (χ0v) is 14.6. The molecule has 24 heavy (non-hydrogen) atoms. The molecule has 0 saturated carbocycles. The van der Waals surface area contributed by atoms with Gasteiger partial charge in [-0.05, 0) is 42.8 Å². The van der Waals surface area contributed by atoms with Crippen LogP contribution in [0.15, 0.2) is 58.0 Å². The minimum atomic E-state index is -3.68. The first-order chi connectivity index (χ1) is 11.3. The maximum Gasteiger partial charge on any atom is 0.261 e. The lowest BCUT2D eigenvalue weighted by Gasteiger charge is -2.11. The molecule has 0 atom stereocenters. The molecule has 0 aliphatic rings. The summed E-state index contributed by atoms with van der Waals surface area (Å²) in [5.41, 5.74) is 2.70. The standard InChI is InChI=1S/C17H15ClN2O3S/c1-11-9-14(18)5-8-16(11)20-24(21,22)15-6-3-13(4-7-15)17-10-23-12(2)19-17/h3-10,20H,1-2H3. The van der Waals surface area contributed by atoms with Gasteiger partial charge in [-0.3, -0.25) is 4.72 Å². The second kappa shape index (κ2) is 6.30. The van der Waals surface area contributed by atoms with Crippen LogP contribution < -0.4 is 4.72 Å². The molecule has 7 heteroatoms. The average Bonchev–Trinajstić information content (AvgIpc) is 2.97. The Morgan fingerprint density at radius 2 is 1.79 bits per heavy atom. The SMILES string of the molecule is Cc1nc(-c2ccc(S(=O)(=O)Nc3ccc(Cl)cc3C)cc2)co1. The number of halogens is 1. The molecule has 5 nitrogen and oxygen atoms in total. The highest BCUT2D eigenvalue weighted by Crippen LogP contribution is 2.25. The van der Waals surface area contributed by atoms with Crippen LogP contribution in [0.4, 0.5) is 5.69 Å². The number of benzene rings is 2. The van der Waals surface area contributed by atoms with Crippen LogP contribution in [0.25, 0.3) is 11.3 Å². The van der Waals surface area contributed by atoms with Crippen molar-refractivity contribution in [2.45, 2.75) is 18.7 Å². The molecule has 0 unspecified atom stereocenters. The van der Waals surface area contributed by atoms with Gasteiger partial charge in [-0.25, -0.2) is 13.4 Å². The Kier molecular flexibility index (Phi) is 4.34. The van der Waals surface area contributed by atoms with Crippen LogP contribution in [0, 0.1) is 13.8 Å². The van der Waals surface area contributed by atoms with E-state index >= 15 is 0 Å². The van der Waals surface area contributed by atoms with Crippen LogP contribution in [0.3, 0.4) is 0 Å². The van der Waals surface area contributed by atoms with Crippen LogP contribution in [-0.2, 0) is 10.0 Å². The predicted molar refractivity (Wildman–Crippen MR) is 93.7 cm³/mol.